The van der Waals surface area contributed by atoms with E-state index >= 15 is 0 Å². The molecule has 0 amide bonds. The lowest BCUT2D eigenvalue weighted by atomic mass is 9.92. The van der Waals surface area contributed by atoms with Crippen molar-refractivity contribution >= 4 is 11.7 Å². The minimum absolute atomic E-state index is 0.0495. The summed E-state index contributed by atoms with van der Waals surface area (Å²) in [6, 6.07) is 23.8. The van der Waals surface area contributed by atoms with Crippen molar-refractivity contribution in [2.24, 2.45) is 4.99 Å². The van der Waals surface area contributed by atoms with E-state index in [2.05, 4.69) is 16.8 Å². The molecule has 3 aromatic carbocycles. The van der Waals surface area contributed by atoms with Gasteiger partial charge in [0, 0.05) is 16.7 Å². The number of hydrogen-bond acceptors (Lipinski definition) is 3. The summed E-state index contributed by atoms with van der Waals surface area (Å²) in [4.78, 5) is 16.5. The molecule has 0 aliphatic rings. The van der Waals surface area contributed by atoms with Crippen LogP contribution in [0, 0.1) is 18.8 Å². The van der Waals surface area contributed by atoms with Crippen molar-refractivity contribution in [2.75, 3.05) is 6.61 Å². The molecule has 6 heteroatoms. The molecule has 34 heavy (non-hydrogen) atoms. The molecule has 0 aliphatic heterocycles. The Labute approximate surface area is 197 Å². The largest absolute Gasteiger partial charge is 0.466 e. The van der Waals surface area contributed by atoms with E-state index in [1.54, 1.807) is 84.9 Å². The van der Waals surface area contributed by atoms with Crippen LogP contribution in [0.1, 0.15) is 35.6 Å². The number of benzene rings is 3. The number of alkyl halides is 3. The standard InChI is InChI=1S/C28H24F3NO2/c1-3-34-25(33)20-27(28(29,30)31,19-18-22-16-14-21(2)15-17-22)32-26(23-10-6-4-7-11-23)24-12-8-5-9-13-24/h4-17H,3,20H2,1-2H3. The fourth-order valence-electron chi connectivity index (χ4n) is 3.26. The Morgan fingerprint density at radius 2 is 1.41 bits per heavy atom. The molecule has 174 valence electrons. The second-order valence-electron chi connectivity index (χ2n) is 7.65. The minimum Gasteiger partial charge on any atom is -0.466 e. The second kappa shape index (κ2) is 10.8. The molecule has 3 rings (SSSR count). The van der Waals surface area contributed by atoms with Crippen LogP contribution < -0.4 is 0 Å². The van der Waals surface area contributed by atoms with Crippen LogP contribution in [-0.4, -0.2) is 30.0 Å². The summed E-state index contributed by atoms with van der Waals surface area (Å²) < 4.78 is 49.0. The number of rotatable bonds is 6. The molecule has 0 saturated carbocycles. The molecule has 1 unspecified atom stereocenters. The average molecular weight is 463 g/mol. The first-order valence-electron chi connectivity index (χ1n) is 10.8. The number of aryl methyl sites for hydroxylation is 1. The minimum atomic E-state index is -4.95. The van der Waals surface area contributed by atoms with Gasteiger partial charge < -0.3 is 4.74 Å². The number of carbonyl (C=O) groups excluding carboxylic acids is 1. The molecule has 0 N–H and O–H groups in total. The maximum Gasteiger partial charge on any atom is 0.425 e. The van der Waals surface area contributed by atoms with Crippen LogP contribution >= 0.6 is 0 Å². The smallest absolute Gasteiger partial charge is 0.425 e. The number of halogens is 3. The van der Waals surface area contributed by atoms with Crippen molar-refractivity contribution in [1.82, 2.24) is 0 Å². The Kier molecular flexibility index (Phi) is 7.91. The van der Waals surface area contributed by atoms with Crippen molar-refractivity contribution in [3.8, 4) is 11.8 Å². The highest BCUT2D eigenvalue weighted by Gasteiger charge is 2.56. The highest BCUT2D eigenvalue weighted by atomic mass is 19.4. The van der Waals surface area contributed by atoms with Gasteiger partial charge in [-0.3, -0.25) is 9.79 Å². The van der Waals surface area contributed by atoms with Crippen molar-refractivity contribution in [2.45, 2.75) is 32.0 Å². The van der Waals surface area contributed by atoms with Gasteiger partial charge in [0.2, 0.25) is 5.54 Å². The zero-order valence-electron chi connectivity index (χ0n) is 18.9. The normalized spacial score (nSPS) is 12.6. The molecule has 0 radical (unpaired) electrons. The highest BCUT2D eigenvalue weighted by Crippen LogP contribution is 2.38. The Morgan fingerprint density at radius 3 is 1.88 bits per heavy atom. The molecule has 0 saturated heterocycles. The third-order valence-electron chi connectivity index (χ3n) is 5.04. The van der Waals surface area contributed by atoms with Crippen LogP contribution in [0.25, 0.3) is 0 Å². The zero-order valence-corrected chi connectivity index (χ0v) is 18.9. The summed E-state index contributed by atoms with van der Waals surface area (Å²) in [5.41, 5.74) is -0.634. The first-order chi connectivity index (χ1) is 16.2. The lowest BCUT2D eigenvalue weighted by Gasteiger charge is -2.28. The summed E-state index contributed by atoms with van der Waals surface area (Å²) in [5.74, 6) is 3.87. The molecular formula is C28H24F3NO2. The molecule has 3 nitrogen and oxygen atoms in total. The molecule has 0 heterocycles. The van der Waals surface area contributed by atoms with Gasteiger partial charge in [0.15, 0.2) is 0 Å². The number of carbonyl (C=O) groups is 1. The van der Waals surface area contributed by atoms with E-state index in [4.69, 9.17) is 4.74 Å². The molecule has 0 aromatic heterocycles. The number of aliphatic imine (C=N–C) groups is 1. The van der Waals surface area contributed by atoms with Gasteiger partial charge in [-0.15, -0.1) is 0 Å². The van der Waals surface area contributed by atoms with Gasteiger partial charge >= 0.3 is 12.1 Å². The van der Waals surface area contributed by atoms with Crippen molar-refractivity contribution in [3.63, 3.8) is 0 Å². The predicted octanol–water partition coefficient (Wildman–Crippen LogP) is 6.14. The number of ether oxygens (including phenoxy) is 1. The topological polar surface area (TPSA) is 38.7 Å². The molecule has 0 spiro atoms. The van der Waals surface area contributed by atoms with Gasteiger partial charge in [-0.05, 0) is 26.0 Å². The van der Waals surface area contributed by atoms with E-state index in [0.29, 0.717) is 16.7 Å². The molecule has 0 fully saturated rings. The molecule has 1 atom stereocenters. The molecule has 3 aromatic rings. The maximum absolute atomic E-state index is 14.7. The van der Waals surface area contributed by atoms with Crippen LogP contribution in [0.3, 0.4) is 0 Å². The van der Waals surface area contributed by atoms with Gasteiger partial charge in [-0.25, -0.2) is 0 Å². The van der Waals surface area contributed by atoms with Crippen LogP contribution in [0.15, 0.2) is 89.9 Å². The van der Waals surface area contributed by atoms with Gasteiger partial charge in [0.25, 0.3) is 0 Å². The average Bonchev–Trinajstić information content (AvgIpc) is 2.82. The molecular weight excluding hydrogens is 439 g/mol. The van der Waals surface area contributed by atoms with Gasteiger partial charge in [-0.1, -0.05) is 90.2 Å². The summed E-state index contributed by atoms with van der Waals surface area (Å²) in [5, 5.41) is 0. The van der Waals surface area contributed by atoms with Gasteiger partial charge in [0.05, 0.1) is 18.7 Å². The van der Waals surface area contributed by atoms with Gasteiger partial charge in [0.1, 0.15) is 0 Å². The van der Waals surface area contributed by atoms with Crippen molar-refractivity contribution in [1.29, 1.82) is 0 Å². The monoisotopic (exact) mass is 463 g/mol. The number of esters is 1. The van der Waals surface area contributed by atoms with E-state index in [9.17, 15) is 18.0 Å². The van der Waals surface area contributed by atoms with Gasteiger partial charge in [-0.2, -0.15) is 13.2 Å². The third kappa shape index (κ3) is 6.14. The Bertz CT molecular complexity index is 1150. The van der Waals surface area contributed by atoms with Crippen LogP contribution in [-0.2, 0) is 9.53 Å². The summed E-state index contributed by atoms with van der Waals surface area (Å²) in [7, 11) is 0. The summed E-state index contributed by atoms with van der Waals surface area (Å²) in [6.45, 7) is 3.36. The second-order valence-corrected chi connectivity index (χ2v) is 7.65. The van der Waals surface area contributed by atoms with E-state index in [1.807, 2.05) is 6.92 Å². The van der Waals surface area contributed by atoms with Crippen LogP contribution in [0.4, 0.5) is 13.2 Å². The van der Waals surface area contributed by atoms with E-state index in [0.717, 1.165) is 5.56 Å². The SMILES string of the molecule is CCOC(=O)CC(C#Cc1ccc(C)cc1)(N=C(c1ccccc1)c1ccccc1)C(F)(F)F. The van der Waals surface area contributed by atoms with Crippen molar-refractivity contribution in [3.05, 3.63) is 107 Å². The Morgan fingerprint density at radius 1 is 0.882 bits per heavy atom. The summed E-state index contributed by atoms with van der Waals surface area (Å²) in [6.07, 6.45) is -6.02. The fourth-order valence-corrected chi connectivity index (χ4v) is 3.26. The molecule has 0 bridgehead atoms. The van der Waals surface area contributed by atoms with Crippen LogP contribution in [0.5, 0.6) is 0 Å². The Hall–Kier alpha value is -3.85. The van der Waals surface area contributed by atoms with Crippen molar-refractivity contribution < 1.29 is 22.7 Å². The third-order valence-corrected chi connectivity index (χ3v) is 5.04. The zero-order chi connectivity index (χ0) is 24.6. The molecule has 0 aliphatic carbocycles. The fraction of sp³-hybridized carbons (Fsp3) is 0.214. The summed E-state index contributed by atoms with van der Waals surface area (Å²) >= 11 is 0. The Balaban J connectivity index is 2.28. The lowest BCUT2D eigenvalue weighted by Crippen LogP contribution is -2.45. The van der Waals surface area contributed by atoms with Crippen LogP contribution in [0.2, 0.25) is 0 Å². The predicted molar refractivity (Wildman–Crippen MR) is 127 cm³/mol. The van der Waals surface area contributed by atoms with E-state index in [1.165, 1.54) is 6.92 Å². The first-order valence-corrected chi connectivity index (χ1v) is 10.8. The number of hydrogen-bond donors (Lipinski definition) is 0. The first kappa shape index (κ1) is 24.8. The quantitative estimate of drug-likeness (QED) is 0.250. The number of nitrogens with zero attached hydrogens (tertiary/aromatic N) is 1. The maximum atomic E-state index is 14.7. The highest BCUT2D eigenvalue weighted by molar-refractivity contribution is 6.13. The van der Waals surface area contributed by atoms with E-state index in [-0.39, 0.29) is 12.3 Å². The lowest BCUT2D eigenvalue weighted by molar-refractivity contribution is -0.178. The van der Waals surface area contributed by atoms with E-state index < -0.39 is 24.1 Å².